The number of sulfonamides is 1. The highest BCUT2D eigenvalue weighted by Crippen LogP contribution is 2.66. The van der Waals surface area contributed by atoms with E-state index in [1.807, 2.05) is 49.4 Å². The smallest absolute Gasteiger partial charge is 0.318 e. The molecule has 0 radical (unpaired) electrons. The minimum Gasteiger partial charge on any atom is -0.468 e. The van der Waals surface area contributed by atoms with Gasteiger partial charge in [0.1, 0.15) is 10.8 Å². The Morgan fingerprint density at radius 3 is 1.95 bits per heavy atom. The summed E-state index contributed by atoms with van der Waals surface area (Å²) in [5.41, 5.74) is -0.773. The normalized spacial score (nSPS) is 26.5. The van der Waals surface area contributed by atoms with Crippen LogP contribution in [0.3, 0.4) is 0 Å². The van der Waals surface area contributed by atoms with Gasteiger partial charge >= 0.3 is 11.9 Å². The van der Waals surface area contributed by atoms with E-state index in [0.29, 0.717) is 5.56 Å². The van der Waals surface area contributed by atoms with Gasteiger partial charge in [0.2, 0.25) is 10.0 Å². The number of fused-ring (bicyclic) bond motifs is 1. The van der Waals surface area contributed by atoms with Crippen LogP contribution < -0.4 is 0 Å². The molecule has 0 amide bonds. The lowest BCUT2D eigenvalue weighted by atomic mass is 9.54. The van der Waals surface area contributed by atoms with Crippen LogP contribution in [0.15, 0.2) is 102 Å². The van der Waals surface area contributed by atoms with E-state index >= 15 is 0 Å². The van der Waals surface area contributed by atoms with Crippen molar-refractivity contribution < 1.29 is 27.5 Å². The number of carbonyl (C=O) groups is 2. The molecule has 0 spiro atoms. The first kappa shape index (κ1) is 26.8. The maximum absolute atomic E-state index is 14.3. The molecule has 7 nitrogen and oxygen atoms in total. The molecule has 1 fully saturated rings. The number of allylic oxidation sites excluding steroid dienone is 1. The Labute approximate surface area is 229 Å². The number of aryl methyl sites for hydroxylation is 1. The van der Waals surface area contributed by atoms with E-state index in [9.17, 15) is 18.0 Å². The number of carbonyl (C=O) groups excluding carboxylic acids is 2. The molecular weight excluding hydrogens is 514 g/mol. The first-order valence-electron chi connectivity index (χ1n) is 12.8. The minimum absolute atomic E-state index is 0.0799. The Balaban J connectivity index is 1.81. The number of esters is 2. The van der Waals surface area contributed by atoms with Crippen LogP contribution in [0.1, 0.15) is 35.1 Å². The Kier molecular flexibility index (Phi) is 6.95. The highest BCUT2D eigenvalue weighted by Gasteiger charge is 2.74. The van der Waals surface area contributed by atoms with Crippen molar-refractivity contribution in [3.05, 3.63) is 114 Å². The number of nitrogens with zero attached hydrogens (tertiary/aromatic N) is 1. The van der Waals surface area contributed by atoms with E-state index in [4.69, 9.17) is 9.47 Å². The molecule has 1 heterocycles. The zero-order chi connectivity index (χ0) is 27.8. The third kappa shape index (κ3) is 4.10. The lowest BCUT2D eigenvalue weighted by Crippen LogP contribution is -2.54. The van der Waals surface area contributed by atoms with Crippen LogP contribution in [0.2, 0.25) is 0 Å². The van der Waals surface area contributed by atoms with Crippen LogP contribution in [0.5, 0.6) is 0 Å². The van der Waals surface area contributed by atoms with Crippen molar-refractivity contribution >= 4 is 22.0 Å². The standard InChI is InChI=1S/C31H31NO6S/c1-22-14-16-26(17-15-22)39(35,36)32-21-30(28(33)37-2)19-18-25(23-10-6-4-7-11-23)20-31(30,29(34)38-3)27(32)24-12-8-5-9-13-24/h4-19,25,27H,20-21H2,1-3H3/t25-,27+,30+,31-/m0/s1. The molecule has 0 N–H and O–H groups in total. The molecule has 0 unspecified atom stereocenters. The summed E-state index contributed by atoms with van der Waals surface area (Å²) in [7, 11) is -1.64. The molecule has 0 aromatic heterocycles. The fourth-order valence-electron chi connectivity index (χ4n) is 6.30. The third-order valence-electron chi connectivity index (χ3n) is 8.18. The van der Waals surface area contributed by atoms with Crippen molar-refractivity contribution in [3.8, 4) is 0 Å². The monoisotopic (exact) mass is 545 g/mol. The molecule has 3 aromatic carbocycles. The van der Waals surface area contributed by atoms with Gasteiger partial charge < -0.3 is 9.47 Å². The molecule has 1 saturated heterocycles. The molecule has 0 bridgehead atoms. The van der Waals surface area contributed by atoms with Crippen molar-refractivity contribution in [1.82, 2.24) is 4.31 Å². The van der Waals surface area contributed by atoms with Gasteiger partial charge in [0.05, 0.1) is 25.2 Å². The van der Waals surface area contributed by atoms with Crippen molar-refractivity contribution in [2.24, 2.45) is 10.8 Å². The van der Waals surface area contributed by atoms with E-state index in [2.05, 4.69) is 0 Å². The van der Waals surface area contributed by atoms with Gasteiger partial charge in [0.25, 0.3) is 0 Å². The maximum atomic E-state index is 14.3. The predicted molar refractivity (Wildman–Crippen MR) is 146 cm³/mol. The van der Waals surface area contributed by atoms with Gasteiger partial charge in [-0.05, 0) is 36.6 Å². The van der Waals surface area contributed by atoms with Crippen molar-refractivity contribution in [2.75, 3.05) is 20.8 Å². The second-order valence-electron chi connectivity index (χ2n) is 10.2. The van der Waals surface area contributed by atoms with Crippen LogP contribution in [-0.2, 0) is 29.1 Å². The fourth-order valence-corrected chi connectivity index (χ4v) is 8.00. The van der Waals surface area contributed by atoms with Crippen LogP contribution in [-0.4, -0.2) is 45.4 Å². The highest BCUT2D eigenvalue weighted by molar-refractivity contribution is 7.89. The SMILES string of the molecule is COC(=O)[C@]12C=C[C@H](c3ccccc3)C[C@@]1(C(=O)OC)[C@@H](c1ccccc1)N(S(=O)(=O)c1ccc(C)cc1)C2. The van der Waals surface area contributed by atoms with Crippen LogP contribution in [0, 0.1) is 17.8 Å². The van der Waals surface area contributed by atoms with Crippen LogP contribution in [0.25, 0.3) is 0 Å². The molecular formula is C31H31NO6S. The summed E-state index contributed by atoms with van der Waals surface area (Å²) in [4.78, 5) is 28.0. The summed E-state index contributed by atoms with van der Waals surface area (Å²) < 4.78 is 40.7. The third-order valence-corrected chi connectivity index (χ3v) is 10.0. The zero-order valence-corrected chi connectivity index (χ0v) is 22.9. The number of rotatable bonds is 6. The van der Waals surface area contributed by atoms with Crippen LogP contribution >= 0.6 is 0 Å². The Hall–Kier alpha value is -3.75. The number of hydrogen-bond donors (Lipinski definition) is 0. The fraction of sp³-hybridized carbons (Fsp3) is 0.290. The van der Waals surface area contributed by atoms with Gasteiger partial charge in [0, 0.05) is 12.5 Å². The summed E-state index contributed by atoms with van der Waals surface area (Å²) in [6, 6.07) is 24.1. The number of benzene rings is 3. The first-order chi connectivity index (χ1) is 18.7. The van der Waals surface area contributed by atoms with Gasteiger partial charge in [0.15, 0.2) is 0 Å². The molecule has 3 aromatic rings. The molecule has 1 aliphatic heterocycles. The van der Waals surface area contributed by atoms with Gasteiger partial charge in [-0.25, -0.2) is 8.42 Å². The highest BCUT2D eigenvalue weighted by atomic mass is 32.2. The first-order valence-corrected chi connectivity index (χ1v) is 14.2. The molecule has 202 valence electrons. The quantitative estimate of drug-likeness (QED) is 0.327. The van der Waals surface area contributed by atoms with Crippen molar-refractivity contribution in [3.63, 3.8) is 0 Å². The maximum Gasteiger partial charge on any atom is 0.318 e. The van der Waals surface area contributed by atoms with E-state index in [0.717, 1.165) is 11.1 Å². The molecule has 39 heavy (non-hydrogen) atoms. The van der Waals surface area contributed by atoms with Gasteiger partial charge in [-0.3, -0.25) is 9.59 Å². The Morgan fingerprint density at radius 1 is 0.821 bits per heavy atom. The topological polar surface area (TPSA) is 90.0 Å². The number of ether oxygens (including phenoxy) is 2. The lowest BCUT2D eigenvalue weighted by Gasteiger charge is -2.46. The van der Waals surface area contributed by atoms with E-state index in [1.165, 1.54) is 18.5 Å². The zero-order valence-electron chi connectivity index (χ0n) is 22.1. The summed E-state index contributed by atoms with van der Waals surface area (Å²) in [6.45, 7) is 1.60. The summed E-state index contributed by atoms with van der Waals surface area (Å²) in [5.74, 6) is -1.61. The number of methoxy groups -OCH3 is 2. The van der Waals surface area contributed by atoms with Gasteiger partial charge in [-0.1, -0.05) is 90.5 Å². The van der Waals surface area contributed by atoms with E-state index < -0.39 is 38.8 Å². The molecule has 8 heteroatoms. The average Bonchev–Trinajstić information content (AvgIpc) is 3.31. The van der Waals surface area contributed by atoms with Gasteiger partial charge in [-0.15, -0.1) is 0 Å². The molecule has 1 aliphatic carbocycles. The van der Waals surface area contributed by atoms with Crippen LogP contribution in [0.4, 0.5) is 0 Å². The summed E-state index contributed by atoms with van der Waals surface area (Å²) >= 11 is 0. The molecule has 5 rings (SSSR count). The predicted octanol–water partition coefficient (Wildman–Crippen LogP) is 4.80. The van der Waals surface area contributed by atoms with E-state index in [1.54, 1.807) is 54.6 Å². The minimum atomic E-state index is -4.17. The lowest BCUT2D eigenvalue weighted by molar-refractivity contribution is -0.173. The molecule has 0 saturated carbocycles. The van der Waals surface area contributed by atoms with Crippen molar-refractivity contribution in [2.45, 2.75) is 30.2 Å². The molecule has 4 atom stereocenters. The van der Waals surface area contributed by atoms with Gasteiger partial charge in [-0.2, -0.15) is 4.31 Å². The average molecular weight is 546 g/mol. The second-order valence-corrected chi connectivity index (χ2v) is 12.1. The largest absolute Gasteiger partial charge is 0.468 e. The number of hydrogen-bond acceptors (Lipinski definition) is 6. The Morgan fingerprint density at radius 2 is 1.38 bits per heavy atom. The summed E-state index contributed by atoms with van der Waals surface area (Å²) in [6.07, 6.45) is 3.71. The van der Waals surface area contributed by atoms with Crippen molar-refractivity contribution in [1.29, 1.82) is 0 Å². The summed E-state index contributed by atoms with van der Waals surface area (Å²) in [5, 5.41) is 0. The Bertz CT molecular complexity index is 1500. The second kappa shape index (κ2) is 10.1. The molecule has 2 aliphatic rings. The van der Waals surface area contributed by atoms with E-state index in [-0.39, 0.29) is 23.8 Å².